The molecule has 0 amide bonds. The molecule has 0 saturated heterocycles. The fraction of sp³-hybridized carbons (Fsp3) is 0.0667. The van der Waals surface area contributed by atoms with Gasteiger partial charge in [0.15, 0.2) is 5.25 Å². The zero-order valence-electron chi connectivity index (χ0n) is 10.8. The van der Waals surface area contributed by atoms with Gasteiger partial charge in [-0.1, -0.05) is 42.5 Å². The molecule has 6 heteroatoms. The normalized spacial score (nSPS) is 13.3. The first-order valence-electron chi connectivity index (χ1n) is 6.03. The Morgan fingerprint density at radius 3 is 2.05 bits per heavy atom. The number of carboxylic acids is 2. The molecule has 0 fully saturated rings. The molecule has 5 nitrogen and oxygen atoms in total. The number of hydrogen-bond donors (Lipinski definition) is 2. The smallest absolute Gasteiger partial charge is 0.336 e. The summed E-state index contributed by atoms with van der Waals surface area (Å²) in [5.41, 5.74) is 0.210. The molecule has 2 aromatic rings. The first-order chi connectivity index (χ1) is 10.0. The molecule has 0 aliphatic carbocycles. The highest BCUT2D eigenvalue weighted by Crippen LogP contribution is 2.27. The van der Waals surface area contributed by atoms with E-state index in [-0.39, 0.29) is 10.5 Å². The third-order valence-electron chi connectivity index (χ3n) is 2.87. The summed E-state index contributed by atoms with van der Waals surface area (Å²) >= 11 is 0. The number of hydrogen-bond acceptors (Lipinski definition) is 3. The van der Waals surface area contributed by atoms with Gasteiger partial charge < -0.3 is 10.2 Å². The van der Waals surface area contributed by atoms with E-state index < -0.39 is 28.0 Å². The van der Waals surface area contributed by atoms with E-state index in [1.54, 1.807) is 30.3 Å². The van der Waals surface area contributed by atoms with Crippen LogP contribution in [0.1, 0.15) is 21.2 Å². The minimum Gasteiger partial charge on any atom is -0.480 e. The van der Waals surface area contributed by atoms with Crippen molar-refractivity contribution in [1.82, 2.24) is 0 Å². The third-order valence-corrected chi connectivity index (χ3v) is 4.57. The van der Waals surface area contributed by atoms with Gasteiger partial charge in [-0.25, -0.2) is 4.79 Å². The van der Waals surface area contributed by atoms with Gasteiger partial charge in [0.2, 0.25) is 0 Å². The van der Waals surface area contributed by atoms with Crippen molar-refractivity contribution in [3.8, 4) is 0 Å². The van der Waals surface area contributed by atoms with Crippen LogP contribution in [0.2, 0.25) is 0 Å². The summed E-state index contributed by atoms with van der Waals surface area (Å²) in [5.74, 6) is -2.50. The summed E-state index contributed by atoms with van der Waals surface area (Å²) in [4.78, 5) is 22.6. The molecule has 2 unspecified atom stereocenters. The molecule has 2 N–H and O–H groups in total. The van der Waals surface area contributed by atoms with Gasteiger partial charge in [-0.2, -0.15) is 0 Å². The number of carboxylic acid groups (broad SMARTS) is 2. The fourth-order valence-electron chi connectivity index (χ4n) is 1.93. The Hall–Kier alpha value is -2.47. The van der Waals surface area contributed by atoms with Crippen molar-refractivity contribution in [3.63, 3.8) is 0 Å². The molecule has 0 radical (unpaired) electrons. The van der Waals surface area contributed by atoms with E-state index >= 15 is 0 Å². The van der Waals surface area contributed by atoms with E-state index in [1.807, 2.05) is 0 Å². The lowest BCUT2D eigenvalue weighted by atomic mass is 10.1. The average Bonchev–Trinajstić information content (AvgIpc) is 2.48. The zero-order valence-corrected chi connectivity index (χ0v) is 11.6. The van der Waals surface area contributed by atoms with E-state index in [2.05, 4.69) is 0 Å². The van der Waals surface area contributed by atoms with Crippen molar-refractivity contribution < 1.29 is 24.0 Å². The van der Waals surface area contributed by atoms with Gasteiger partial charge in [0.05, 0.1) is 21.3 Å². The van der Waals surface area contributed by atoms with Crippen LogP contribution in [-0.4, -0.2) is 26.4 Å². The number of benzene rings is 2. The van der Waals surface area contributed by atoms with Crippen LogP contribution in [0, 0.1) is 0 Å². The van der Waals surface area contributed by atoms with Crippen LogP contribution in [0.15, 0.2) is 59.5 Å². The molecule has 2 rings (SSSR count). The maximum absolute atomic E-state index is 12.6. The second kappa shape index (κ2) is 6.32. The van der Waals surface area contributed by atoms with Crippen molar-refractivity contribution in [1.29, 1.82) is 0 Å². The second-order valence-corrected chi connectivity index (χ2v) is 5.73. The zero-order chi connectivity index (χ0) is 15.4. The number of rotatable bonds is 5. The summed E-state index contributed by atoms with van der Waals surface area (Å²) < 4.78 is 12.6. The summed E-state index contributed by atoms with van der Waals surface area (Å²) in [6.45, 7) is 0. The van der Waals surface area contributed by atoms with E-state index in [0.29, 0.717) is 5.56 Å². The van der Waals surface area contributed by atoms with Gasteiger partial charge in [-0.3, -0.25) is 9.00 Å². The third kappa shape index (κ3) is 3.17. The summed E-state index contributed by atoms with van der Waals surface area (Å²) in [5, 5.41) is 17.2. The van der Waals surface area contributed by atoms with Crippen molar-refractivity contribution >= 4 is 22.7 Å². The van der Waals surface area contributed by atoms with E-state index in [0.717, 1.165) is 0 Å². The highest BCUT2D eigenvalue weighted by molar-refractivity contribution is 7.86. The molecule has 0 heterocycles. The monoisotopic (exact) mass is 304 g/mol. The Kier molecular flexibility index (Phi) is 4.49. The molecule has 0 aliphatic rings. The van der Waals surface area contributed by atoms with Gasteiger partial charge in [-0.15, -0.1) is 0 Å². The maximum Gasteiger partial charge on any atom is 0.336 e. The number of aromatic carboxylic acids is 1. The quantitative estimate of drug-likeness (QED) is 0.884. The highest BCUT2D eigenvalue weighted by atomic mass is 32.2. The number of aliphatic carboxylic acids is 1. The molecule has 0 aromatic heterocycles. The fourth-order valence-corrected chi connectivity index (χ4v) is 3.36. The summed E-state index contributed by atoms with van der Waals surface area (Å²) in [6.07, 6.45) is 0. The largest absolute Gasteiger partial charge is 0.480 e. The van der Waals surface area contributed by atoms with Crippen LogP contribution in [0.25, 0.3) is 0 Å². The second-order valence-electron chi connectivity index (χ2n) is 4.23. The van der Waals surface area contributed by atoms with Crippen LogP contribution in [0.4, 0.5) is 0 Å². The van der Waals surface area contributed by atoms with E-state index in [4.69, 9.17) is 5.11 Å². The molecule has 0 saturated carbocycles. The topological polar surface area (TPSA) is 91.7 Å². The predicted molar refractivity (Wildman–Crippen MR) is 76.6 cm³/mol. The molecule has 2 aromatic carbocycles. The van der Waals surface area contributed by atoms with E-state index in [1.165, 1.54) is 24.3 Å². The minimum absolute atomic E-state index is 0.00116. The standard InChI is InChI=1S/C15H12O5S/c16-14(17)11-8-4-5-9-12(11)21(20)13(15(18)19)10-6-2-1-3-7-10/h1-9,13H,(H,16,17)(H,18,19). The van der Waals surface area contributed by atoms with Crippen molar-refractivity contribution in [2.24, 2.45) is 0 Å². The lowest BCUT2D eigenvalue weighted by Gasteiger charge is -2.14. The van der Waals surface area contributed by atoms with Gasteiger partial charge >= 0.3 is 11.9 Å². The van der Waals surface area contributed by atoms with Crippen LogP contribution in [0.3, 0.4) is 0 Å². The Morgan fingerprint density at radius 2 is 1.48 bits per heavy atom. The van der Waals surface area contributed by atoms with Crippen LogP contribution >= 0.6 is 0 Å². The molecule has 2 atom stereocenters. The molecular formula is C15H12O5S. The lowest BCUT2D eigenvalue weighted by molar-refractivity contribution is -0.136. The summed E-state index contributed by atoms with van der Waals surface area (Å²) in [7, 11) is -2.01. The van der Waals surface area contributed by atoms with Gasteiger partial charge in [-0.05, 0) is 17.7 Å². The predicted octanol–water partition coefficient (Wildman–Crippen LogP) is 2.32. The first kappa shape index (κ1) is 14.9. The average molecular weight is 304 g/mol. The Balaban J connectivity index is 2.51. The minimum atomic E-state index is -2.01. The van der Waals surface area contributed by atoms with Gasteiger partial charge in [0.1, 0.15) is 0 Å². The highest BCUT2D eigenvalue weighted by Gasteiger charge is 2.30. The van der Waals surface area contributed by atoms with E-state index in [9.17, 15) is 18.9 Å². The summed E-state index contributed by atoms with van der Waals surface area (Å²) in [6, 6.07) is 13.8. The Labute approximate surface area is 123 Å². The van der Waals surface area contributed by atoms with Crippen LogP contribution in [0.5, 0.6) is 0 Å². The molecule has 21 heavy (non-hydrogen) atoms. The lowest BCUT2D eigenvalue weighted by Crippen LogP contribution is -2.19. The number of carbonyl (C=O) groups is 2. The Morgan fingerprint density at radius 1 is 0.905 bits per heavy atom. The van der Waals surface area contributed by atoms with Crippen LogP contribution < -0.4 is 0 Å². The van der Waals surface area contributed by atoms with Gasteiger partial charge in [0, 0.05) is 0 Å². The van der Waals surface area contributed by atoms with Gasteiger partial charge in [0.25, 0.3) is 0 Å². The van der Waals surface area contributed by atoms with Crippen LogP contribution in [-0.2, 0) is 15.6 Å². The maximum atomic E-state index is 12.6. The van der Waals surface area contributed by atoms with Crippen molar-refractivity contribution in [2.75, 3.05) is 0 Å². The van der Waals surface area contributed by atoms with Crippen molar-refractivity contribution in [2.45, 2.75) is 10.1 Å². The molecule has 0 bridgehead atoms. The molecule has 0 aliphatic heterocycles. The molecule has 0 spiro atoms. The molecule has 108 valence electrons. The SMILES string of the molecule is O=C(O)c1ccccc1S(=O)C(C(=O)O)c1ccccc1. The molecular weight excluding hydrogens is 292 g/mol. The first-order valence-corrected chi connectivity index (χ1v) is 7.24. The Bertz CT molecular complexity index is 696. The van der Waals surface area contributed by atoms with Crippen molar-refractivity contribution in [3.05, 3.63) is 65.7 Å².